The summed E-state index contributed by atoms with van der Waals surface area (Å²) in [5.41, 5.74) is -0.445. The van der Waals surface area contributed by atoms with E-state index in [1.807, 2.05) is 20.8 Å². The zero-order chi connectivity index (χ0) is 15.0. The average molecular weight is 293 g/mol. The van der Waals surface area contributed by atoms with Gasteiger partial charge in [0.25, 0.3) is 0 Å². The Labute approximate surface area is 124 Å². The average Bonchev–Trinajstić information content (AvgIpc) is 3.15. The standard InChI is InChI=1S/C15H23N3O3/c1-15(2,3)20-14(19)18-8-6-11(7-9-18)13-16-12(17-21-13)10-4-5-10/h10-11H,4-9H2,1-3H3. The van der Waals surface area contributed by atoms with E-state index in [-0.39, 0.29) is 12.0 Å². The summed E-state index contributed by atoms with van der Waals surface area (Å²) in [6, 6.07) is 0. The van der Waals surface area contributed by atoms with Crippen molar-refractivity contribution in [3.8, 4) is 0 Å². The first-order valence-corrected chi connectivity index (χ1v) is 7.74. The molecule has 2 heterocycles. The Morgan fingerprint density at radius 2 is 1.86 bits per heavy atom. The normalized spacial score (nSPS) is 20.6. The second-order valence-electron chi connectivity index (χ2n) is 7.01. The number of aromatic nitrogens is 2. The Morgan fingerprint density at radius 1 is 1.19 bits per heavy atom. The van der Waals surface area contributed by atoms with Crippen LogP contribution >= 0.6 is 0 Å². The molecule has 0 N–H and O–H groups in total. The van der Waals surface area contributed by atoms with Crippen LogP contribution in [0.15, 0.2) is 4.52 Å². The van der Waals surface area contributed by atoms with Gasteiger partial charge in [0, 0.05) is 24.9 Å². The van der Waals surface area contributed by atoms with Crippen LogP contribution in [0.25, 0.3) is 0 Å². The number of hydrogen-bond acceptors (Lipinski definition) is 5. The number of likely N-dealkylation sites (tertiary alicyclic amines) is 1. The molecule has 1 aromatic heterocycles. The lowest BCUT2D eigenvalue weighted by Gasteiger charge is -2.32. The third-order valence-electron chi connectivity index (χ3n) is 3.90. The van der Waals surface area contributed by atoms with E-state index < -0.39 is 5.60 Å². The first-order chi connectivity index (χ1) is 9.92. The van der Waals surface area contributed by atoms with Crippen molar-refractivity contribution in [3.63, 3.8) is 0 Å². The van der Waals surface area contributed by atoms with Crippen LogP contribution in [0.3, 0.4) is 0 Å². The van der Waals surface area contributed by atoms with Crippen molar-refractivity contribution < 1.29 is 14.1 Å². The SMILES string of the molecule is CC(C)(C)OC(=O)N1CCC(c2nc(C3CC3)no2)CC1. The van der Waals surface area contributed by atoms with Gasteiger partial charge in [0.2, 0.25) is 5.89 Å². The van der Waals surface area contributed by atoms with E-state index >= 15 is 0 Å². The topological polar surface area (TPSA) is 68.5 Å². The predicted molar refractivity (Wildman–Crippen MR) is 76.1 cm³/mol. The summed E-state index contributed by atoms with van der Waals surface area (Å²) in [6.45, 7) is 7.02. The fourth-order valence-electron chi connectivity index (χ4n) is 2.56. The highest BCUT2D eigenvalue weighted by molar-refractivity contribution is 5.68. The van der Waals surface area contributed by atoms with E-state index in [0.29, 0.717) is 19.0 Å². The highest BCUT2D eigenvalue weighted by Gasteiger charge is 2.33. The minimum absolute atomic E-state index is 0.231. The van der Waals surface area contributed by atoms with Crippen LogP contribution in [0.5, 0.6) is 0 Å². The van der Waals surface area contributed by atoms with Gasteiger partial charge < -0.3 is 14.2 Å². The van der Waals surface area contributed by atoms with Crippen molar-refractivity contribution in [1.82, 2.24) is 15.0 Å². The molecule has 116 valence electrons. The third-order valence-corrected chi connectivity index (χ3v) is 3.90. The third kappa shape index (κ3) is 3.54. The Balaban J connectivity index is 1.53. The number of hydrogen-bond donors (Lipinski definition) is 0. The van der Waals surface area contributed by atoms with Crippen molar-refractivity contribution in [2.24, 2.45) is 0 Å². The van der Waals surface area contributed by atoms with E-state index in [4.69, 9.17) is 9.26 Å². The minimum atomic E-state index is -0.445. The van der Waals surface area contributed by atoms with Crippen LogP contribution in [0.1, 0.15) is 70.0 Å². The maximum absolute atomic E-state index is 12.0. The van der Waals surface area contributed by atoms with Crippen LogP contribution in [-0.2, 0) is 4.74 Å². The van der Waals surface area contributed by atoms with Crippen molar-refractivity contribution in [2.75, 3.05) is 13.1 Å². The summed E-state index contributed by atoms with van der Waals surface area (Å²) >= 11 is 0. The van der Waals surface area contributed by atoms with Gasteiger partial charge in [-0.3, -0.25) is 0 Å². The number of amides is 1. The van der Waals surface area contributed by atoms with Crippen LogP contribution < -0.4 is 0 Å². The number of piperidine rings is 1. The number of rotatable bonds is 2. The quantitative estimate of drug-likeness (QED) is 0.838. The molecule has 1 aromatic rings. The molecule has 21 heavy (non-hydrogen) atoms. The number of carbonyl (C=O) groups excluding carboxylic acids is 1. The molecule has 6 heteroatoms. The zero-order valence-corrected chi connectivity index (χ0v) is 13.0. The molecular weight excluding hydrogens is 270 g/mol. The maximum atomic E-state index is 12.0. The van der Waals surface area contributed by atoms with Crippen LogP contribution in [0.4, 0.5) is 4.79 Å². The summed E-state index contributed by atoms with van der Waals surface area (Å²) in [7, 11) is 0. The van der Waals surface area contributed by atoms with Gasteiger partial charge in [-0.05, 0) is 46.5 Å². The Bertz CT molecular complexity index is 508. The predicted octanol–water partition coefficient (Wildman–Crippen LogP) is 3.06. The second-order valence-corrected chi connectivity index (χ2v) is 7.01. The molecule has 0 atom stereocenters. The molecule has 0 radical (unpaired) electrons. The molecule has 1 aliphatic carbocycles. The summed E-state index contributed by atoms with van der Waals surface area (Å²) in [4.78, 5) is 18.3. The zero-order valence-electron chi connectivity index (χ0n) is 13.0. The molecule has 6 nitrogen and oxygen atoms in total. The summed E-state index contributed by atoms with van der Waals surface area (Å²) in [6.07, 6.45) is 3.83. The Morgan fingerprint density at radius 3 is 2.43 bits per heavy atom. The molecule has 1 amide bonds. The molecule has 0 spiro atoms. The first kappa shape index (κ1) is 14.4. The molecular formula is C15H23N3O3. The molecule has 0 bridgehead atoms. The van der Waals surface area contributed by atoms with E-state index in [0.717, 1.165) is 24.6 Å². The van der Waals surface area contributed by atoms with Crippen LogP contribution in [-0.4, -0.2) is 39.8 Å². The van der Waals surface area contributed by atoms with E-state index in [9.17, 15) is 4.79 Å². The lowest BCUT2D eigenvalue weighted by Crippen LogP contribution is -2.41. The molecule has 1 saturated heterocycles. The molecule has 0 aromatic carbocycles. The summed E-state index contributed by atoms with van der Waals surface area (Å²) in [5, 5.41) is 4.06. The van der Waals surface area contributed by atoms with E-state index in [1.165, 1.54) is 12.8 Å². The molecule has 2 fully saturated rings. The highest BCUT2D eigenvalue weighted by atomic mass is 16.6. The number of nitrogens with zero attached hydrogens (tertiary/aromatic N) is 3. The molecule has 1 aliphatic heterocycles. The molecule has 1 saturated carbocycles. The van der Waals surface area contributed by atoms with Gasteiger partial charge in [-0.15, -0.1) is 0 Å². The largest absolute Gasteiger partial charge is 0.444 e. The fourth-order valence-corrected chi connectivity index (χ4v) is 2.56. The van der Waals surface area contributed by atoms with Gasteiger partial charge in [0.15, 0.2) is 5.82 Å². The molecule has 3 rings (SSSR count). The van der Waals surface area contributed by atoms with Crippen molar-refractivity contribution in [2.45, 2.75) is 63.9 Å². The monoisotopic (exact) mass is 293 g/mol. The van der Waals surface area contributed by atoms with Crippen molar-refractivity contribution >= 4 is 6.09 Å². The van der Waals surface area contributed by atoms with Gasteiger partial charge in [-0.25, -0.2) is 4.79 Å². The van der Waals surface area contributed by atoms with Gasteiger partial charge >= 0.3 is 6.09 Å². The summed E-state index contributed by atoms with van der Waals surface area (Å²) in [5.74, 6) is 2.38. The van der Waals surface area contributed by atoms with Gasteiger partial charge in [0.1, 0.15) is 5.60 Å². The maximum Gasteiger partial charge on any atom is 0.410 e. The van der Waals surface area contributed by atoms with Crippen LogP contribution in [0, 0.1) is 0 Å². The number of carbonyl (C=O) groups is 1. The minimum Gasteiger partial charge on any atom is -0.444 e. The van der Waals surface area contributed by atoms with E-state index in [1.54, 1.807) is 4.90 Å². The van der Waals surface area contributed by atoms with Crippen molar-refractivity contribution in [1.29, 1.82) is 0 Å². The van der Waals surface area contributed by atoms with Gasteiger partial charge in [-0.2, -0.15) is 4.98 Å². The molecule has 2 aliphatic rings. The van der Waals surface area contributed by atoms with Gasteiger partial charge in [-0.1, -0.05) is 5.16 Å². The van der Waals surface area contributed by atoms with Gasteiger partial charge in [0.05, 0.1) is 0 Å². The van der Waals surface area contributed by atoms with Crippen molar-refractivity contribution in [3.05, 3.63) is 11.7 Å². The lowest BCUT2D eigenvalue weighted by atomic mass is 9.97. The second kappa shape index (κ2) is 5.31. The highest BCUT2D eigenvalue weighted by Crippen LogP contribution is 2.39. The molecule has 0 unspecified atom stereocenters. The fraction of sp³-hybridized carbons (Fsp3) is 0.800. The summed E-state index contributed by atoms with van der Waals surface area (Å²) < 4.78 is 10.8. The lowest BCUT2D eigenvalue weighted by molar-refractivity contribution is 0.0198. The Kier molecular flexibility index (Phi) is 3.63. The number of ether oxygens (including phenoxy) is 1. The smallest absolute Gasteiger partial charge is 0.410 e. The first-order valence-electron chi connectivity index (χ1n) is 7.74. The van der Waals surface area contributed by atoms with E-state index in [2.05, 4.69) is 10.1 Å². The Hall–Kier alpha value is -1.59. The van der Waals surface area contributed by atoms with Crippen LogP contribution in [0.2, 0.25) is 0 Å².